The van der Waals surface area contributed by atoms with Crippen molar-refractivity contribution in [2.45, 2.75) is 38.4 Å². The minimum atomic E-state index is 0.590. The lowest BCUT2D eigenvalue weighted by Gasteiger charge is -2.36. The Morgan fingerprint density at radius 2 is 1.68 bits per heavy atom. The summed E-state index contributed by atoms with van der Waals surface area (Å²) >= 11 is 0. The van der Waals surface area contributed by atoms with E-state index in [2.05, 4.69) is 75.2 Å². The molecule has 1 aliphatic rings. The molecule has 0 radical (unpaired) electrons. The number of nitrogens with zero attached hydrogens (tertiary/aromatic N) is 3. The summed E-state index contributed by atoms with van der Waals surface area (Å²) in [5.41, 5.74) is 3.65. The second-order valence-corrected chi connectivity index (χ2v) is 6.93. The van der Waals surface area contributed by atoms with Gasteiger partial charge in [-0.1, -0.05) is 67.1 Å². The summed E-state index contributed by atoms with van der Waals surface area (Å²) in [6, 6.07) is 21.8. The molecule has 128 valence electrons. The van der Waals surface area contributed by atoms with Gasteiger partial charge >= 0.3 is 0 Å². The fourth-order valence-corrected chi connectivity index (χ4v) is 3.75. The molecule has 25 heavy (non-hydrogen) atoms. The molecule has 1 aliphatic heterocycles. The van der Waals surface area contributed by atoms with Gasteiger partial charge in [-0.2, -0.15) is 0 Å². The minimum absolute atomic E-state index is 0.590. The van der Waals surface area contributed by atoms with Gasteiger partial charge in [0.15, 0.2) is 0 Å². The summed E-state index contributed by atoms with van der Waals surface area (Å²) < 4.78 is 2.26. The highest BCUT2D eigenvalue weighted by Crippen LogP contribution is 2.22. The van der Waals surface area contributed by atoms with E-state index >= 15 is 0 Å². The Hall–Kier alpha value is -2.39. The normalized spacial score (nSPS) is 18.3. The maximum absolute atomic E-state index is 4.61. The van der Waals surface area contributed by atoms with Crippen LogP contribution in [0.15, 0.2) is 73.2 Å². The van der Waals surface area contributed by atoms with Crippen molar-refractivity contribution in [1.29, 1.82) is 0 Å². The lowest BCUT2D eigenvalue weighted by molar-refractivity contribution is 0.125. The van der Waals surface area contributed by atoms with Crippen molar-refractivity contribution in [1.82, 2.24) is 14.5 Å². The van der Waals surface area contributed by atoms with E-state index in [9.17, 15) is 0 Å². The number of piperidine rings is 1. The molecule has 0 unspecified atom stereocenters. The molecule has 2 aromatic carbocycles. The third-order valence-electron chi connectivity index (χ3n) is 5.10. The average Bonchev–Trinajstić information content (AvgIpc) is 3.14. The monoisotopic (exact) mass is 331 g/mol. The molecule has 3 heteroatoms. The Morgan fingerprint density at radius 1 is 0.920 bits per heavy atom. The molecule has 1 saturated heterocycles. The average molecular weight is 331 g/mol. The zero-order valence-corrected chi connectivity index (χ0v) is 14.6. The predicted molar refractivity (Wildman–Crippen MR) is 102 cm³/mol. The number of benzene rings is 2. The smallest absolute Gasteiger partial charge is 0.0954 e. The van der Waals surface area contributed by atoms with E-state index in [0.29, 0.717) is 6.04 Å². The number of aromatic nitrogens is 2. The summed E-state index contributed by atoms with van der Waals surface area (Å²) in [4.78, 5) is 7.25. The summed E-state index contributed by atoms with van der Waals surface area (Å²) in [5, 5.41) is 0. The first-order valence-corrected chi connectivity index (χ1v) is 9.24. The van der Waals surface area contributed by atoms with E-state index in [0.717, 1.165) is 18.8 Å². The van der Waals surface area contributed by atoms with Crippen LogP contribution in [0.25, 0.3) is 11.3 Å². The zero-order valence-electron chi connectivity index (χ0n) is 14.6. The second kappa shape index (κ2) is 7.66. The Kier molecular flexibility index (Phi) is 4.93. The van der Waals surface area contributed by atoms with Gasteiger partial charge in [-0.25, -0.2) is 4.98 Å². The maximum Gasteiger partial charge on any atom is 0.0954 e. The van der Waals surface area contributed by atoms with E-state index in [-0.39, 0.29) is 0 Å². The Morgan fingerprint density at radius 3 is 2.48 bits per heavy atom. The molecule has 0 saturated carbocycles. The van der Waals surface area contributed by atoms with Crippen LogP contribution in [0.3, 0.4) is 0 Å². The standard InChI is InChI=1S/C22H25N3/c1-3-9-19(10-4-1)15-25-14-8-7-13-21(25)16-24-17-22(23-18-24)20-11-5-2-6-12-20/h1-6,9-12,17-18,21H,7-8,13-16H2/t21-/m0/s1. The lowest BCUT2D eigenvalue weighted by atomic mass is 10.0. The van der Waals surface area contributed by atoms with Crippen LogP contribution in [0.2, 0.25) is 0 Å². The molecule has 1 fully saturated rings. The van der Waals surface area contributed by atoms with Gasteiger partial charge in [0.25, 0.3) is 0 Å². The third kappa shape index (κ3) is 3.99. The summed E-state index contributed by atoms with van der Waals surface area (Å²) in [7, 11) is 0. The Labute approximate surface area is 149 Å². The highest BCUT2D eigenvalue weighted by atomic mass is 15.2. The first kappa shape index (κ1) is 16.1. The maximum atomic E-state index is 4.61. The second-order valence-electron chi connectivity index (χ2n) is 6.93. The van der Waals surface area contributed by atoms with Gasteiger partial charge in [-0.3, -0.25) is 4.90 Å². The topological polar surface area (TPSA) is 21.1 Å². The van der Waals surface area contributed by atoms with Gasteiger partial charge in [0.2, 0.25) is 0 Å². The molecule has 0 bridgehead atoms. The van der Waals surface area contributed by atoms with Crippen LogP contribution in [-0.4, -0.2) is 27.0 Å². The van der Waals surface area contributed by atoms with Crippen LogP contribution >= 0.6 is 0 Å². The van der Waals surface area contributed by atoms with Gasteiger partial charge in [0, 0.05) is 30.9 Å². The van der Waals surface area contributed by atoms with Gasteiger partial charge in [0.05, 0.1) is 12.0 Å². The SMILES string of the molecule is c1ccc(CN2CCCC[C@H]2Cn2cnc(-c3ccccc3)c2)cc1. The molecule has 4 rings (SSSR count). The first-order valence-electron chi connectivity index (χ1n) is 9.24. The fourth-order valence-electron chi connectivity index (χ4n) is 3.75. The zero-order chi connectivity index (χ0) is 16.9. The van der Waals surface area contributed by atoms with Gasteiger partial charge in [-0.15, -0.1) is 0 Å². The largest absolute Gasteiger partial charge is 0.335 e. The van der Waals surface area contributed by atoms with Gasteiger partial charge in [-0.05, 0) is 24.9 Å². The molecule has 2 heterocycles. The minimum Gasteiger partial charge on any atom is -0.335 e. The van der Waals surface area contributed by atoms with E-state index < -0.39 is 0 Å². The quantitative estimate of drug-likeness (QED) is 0.681. The van der Waals surface area contributed by atoms with Crippen molar-refractivity contribution in [2.75, 3.05) is 6.54 Å². The van der Waals surface area contributed by atoms with Crippen molar-refractivity contribution in [2.24, 2.45) is 0 Å². The molecule has 1 atom stereocenters. The number of hydrogen-bond acceptors (Lipinski definition) is 2. The summed E-state index contributed by atoms with van der Waals surface area (Å²) in [6.45, 7) is 3.26. The molecule has 0 spiro atoms. The Balaban J connectivity index is 1.46. The molecular weight excluding hydrogens is 306 g/mol. The van der Waals surface area contributed by atoms with E-state index in [1.165, 1.54) is 36.9 Å². The molecule has 0 amide bonds. The summed E-state index contributed by atoms with van der Waals surface area (Å²) in [6.07, 6.45) is 8.08. The van der Waals surface area contributed by atoms with E-state index in [1.54, 1.807) is 0 Å². The van der Waals surface area contributed by atoms with Crippen molar-refractivity contribution < 1.29 is 0 Å². The van der Waals surface area contributed by atoms with Crippen LogP contribution in [0, 0.1) is 0 Å². The van der Waals surface area contributed by atoms with Crippen molar-refractivity contribution in [3.05, 3.63) is 78.8 Å². The lowest BCUT2D eigenvalue weighted by Crippen LogP contribution is -2.41. The summed E-state index contributed by atoms with van der Waals surface area (Å²) in [5.74, 6) is 0. The molecule has 0 aliphatic carbocycles. The molecule has 1 aromatic heterocycles. The Bertz CT molecular complexity index is 779. The fraction of sp³-hybridized carbons (Fsp3) is 0.318. The van der Waals surface area contributed by atoms with E-state index in [1.807, 2.05) is 12.4 Å². The van der Waals surface area contributed by atoms with E-state index in [4.69, 9.17) is 0 Å². The van der Waals surface area contributed by atoms with Crippen molar-refractivity contribution in [3.8, 4) is 11.3 Å². The molecular formula is C22H25N3. The highest BCUT2D eigenvalue weighted by molar-refractivity contribution is 5.57. The molecule has 3 nitrogen and oxygen atoms in total. The predicted octanol–water partition coefficient (Wildman–Crippen LogP) is 4.60. The van der Waals surface area contributed by atoms with Gasteiger partial charge < -0.3 is 4.57 Å². The van der Waals surface area contributed by atoms with Gasteiger partial charge in [0.1, 0.15) is 0 Å². The molecule has 0 N–H and O–H groups in total. The number of likely N-dealkylation sites (tertiary alicyclic amines) is 1. The number of imidazole rings is 1. The molecule has 3 aromatic rings. The van der Waals surface area contributed by atoms with Crippen LogP contribution < -0.4 is 0 Å². The van der Waals surface area contributed by atoms with Crippen LogP contribution in [0.4, 0.5) is 0 Å². The number of hydrogen-bond donors (Lipinski definition) is 0. The highest BCUT2D eigenvalue weighted by Gasteiger charge is 2.22. The van der Waals surface area contributed by atoms with Crippen LogP contribution in [-0.2, 0) is 13.1 Å². The van der Waals surface area contributed by atoms with Crippen molar-refractivity contribution in [3.63, 3.8) is 0 Å². The number of rotatable bonds is 5. The van der Waals surface area contributed by atoms with Crippen LogP contribution in [0.1, 0.15) is 24.8 Å². The van der Waals surface area contributed by atoms with Crippen LogP contribution in [0.5, 0.6) is 0 Å². The van der Waals surface area contributed by atoms with Crippen molar-refractivity contribution >= 4 is 0 Å². The third-order valence-corrected chi connectivity index (χ3v) is 5.10. The first-order chi connectivity index (χ1) is 12.4.